The molecule has 0 spiro atoms. The van der Waals surface area contributed by atoms with Crippen molar-refractivity contribution in [3.8, 4) is 16.3 Å². The van der Waals surface area contributed by atoms with Gasteiger partial charge in [0.1, 0.15) is 34.7 Å². The van der Waals surface area contributed by atoms with E-state index < -0.39 is 29.3 Å². The molecule has 0 radical (unpaired) electrons. The Morgan fingerprint density at radius 2 is 1.77 bits per heavy atom. The van der Waals surface area contributed by atoms with Crippen molar-refractivity contribution in [2.24, 2.45) is 0 Å². The maximum Gasteiger partial charge on any atom is 0.416 e. The van der Waals surface area contributed by atoms with E-state index in [-0.39, 0.29) is 24.4 Å². The highest BCUT2D eigenvalue weighted by atomic mass is 32.1. The molecule has 0 fully saturated rings. The van der Waals surface area contributed by atoms with Crippen molar-refractivity contribution >= 4 is 17.2 Å². The summed E-state index contributed by atoms with van der Waals surface area (Å²) in [5.74, 6) is -1.20. The number of alkyl halides is 3. The highest BCUT2D eigenvalue weighted by Crippen LogP contribution is 2.30. The number of nitrogens with zero attached hydrogens (tertiary/aromatic N) is 1. The first-order chi connectivity index (χ1) is 16.7. The summed E-state index contributed by atoms with van der Waals surface area (Å²) in [6, 6.07) is 14.6. The maximum atomic E-state index is 13.7. The zero-order valence-corrected chi connectivity index (χ0v) is 18.7. The lowest BCUT2D eigenvalue weighted by Gasteiger charge is -2.09. The van der Waals surface area contributed by atoms with E-state index in [1.165, 1.54) is 23.5 Å². The molecule has 0 aliphatic heterocycles. The summed E-state index contributed by atoms with van der Waals surface area (Å²) in [4.78, 5) is 16.7. The number of thiazole rings is 1. The Labute approximate surface area is 201 Å². The summed E-state index contributed by atoms with van der Waals surface area (Å²) < 4.78 is 71.0. The number of carbonyl (C=O) groups is 1. The number of benzene rings is 3. The summed E-state index contributed by atoms with van der Waals surface area (Å²) in [5.41, 5.74) is 0.468. The number of hydrogen-bond donors (Lipinski definition) is 1. The van der Waals surface area contributed by atoms with Gasteiger partial charge in [0.25, 0.3) is 5.91 Å². The number of ether oxygens (including phenoxy) is 1. The Balaban J connectivity index is 1.35. The number of aromatic nitrogens is 1. The molecule has 35 heavy (non-hydrogen) atoms. The van der Waals surface area contributed by atoms with Crippen molar-refractivity contribution in [2.75, 3.05) is 0 Å². The predicted octanol–water partition coefficient (Wildman–Crippen LogP) is 6.62. The van der Waals surface area contributed by atoms with Crippen LogP contribution in [0.5, 0.6) is 5.75 Å². The molecule has 3 aromatic carbocycles. The smallest absolute Gasteiger partial charge is 0.416 e. The Morgan fingerprint density at radius 3 is 2.51 bits per heavy atom. The summed E-state index contributed by atoms with van der Waals surface area (Å²) >= 11 is 1.23. The minimum atomic E-state index is -4.46. The van der Waals surface area contributed by atoms with Gasteiger partial charge in [-0.2, -0.15) is 13.2 Å². The summed E-state index contributed by atoms with van der Waals surface area (Å²) in [7, 11) is 0. The van der Waals surface area contributed by atoms with E-state index >= 15 is 0 Å². The van der Waals surface area contributed by atoms with Crippen molar-refractivity contribution in [1.29, 1.82) is 0 Å². The van der Waals surface area contributed by atoms with E-state index in [1.54, 1.807) is 29.6 Å². The molecule has 0 saturated carbocycles. The average Bonchev–Trinajstić information content (AvgIpc) is 3.34. The maximum absolute atomic E-state index is 13.7. The molecule has 0 saturated heterocycles. The molecule has 4 rings (SSSR count). The third-order valence-corrected chi connectivity index (χ3v) is 5.84. The van der Waals surface area contributed by atoms with E-state index in [2.05, 4.69) is 10.3 Å². The first kappa shape index (κ1) is 24.3. The van der Waals surface area contributed by atoms with E-state index in [0.29, 0.717) is 21.9 Å². The number of nitrogens with one attached hydrogen (secondary N) is 1. The van der Waals surface area contributed by atoms with Crippen molar-refractivity contribution in [2.45, 2.75) is 19.3 Å². The van der Waals surface area contributed by atoms with Gasteiger partial charge in [-0.05, 0) is 60.2 Å². The van der Waals surface area contributed by atoms with Gasteiger partial charge in [-0.3, -0.25) is 4.79 Å². The van der Waals surface area contributed by atoms with Gasteiger partial charge in [0.2, 0.25) is 0 Å². The molecule has 0 unspecified atom stereocenters. The van der Waals surface area contributed by atoms with Gasteiger partial charge in [-0.1, -0.05) is 12.1 Å². The molecule has 1 amide bonds. The quantitative estimate of drug-likeness (QED) is 0.288. The van der Waals surface area contributed by atoms with E-state index in [1.807, 2.05) is 0 Å². The van der Waals surface area contributed by atoms with Gasteiger partial charge in [-0.15, -0.1) is 11.3 Å². The lowest BCUT2D eigenvalue weighted by molar-refractivity contribution is -0.137. The molecule has 1 heterocycles. The van der Waals surface area contributed by atoms with Crippen molar-refractivity contribution in [3.05, 3.63) is 106 Å². The fourth-order valence-corrected chi connectivity index (χ4v) is 3.96. The number of carbonyl (C=O) groups excluding carboxylic acids is 1. The lowest BCUT2D eigenvalue weighted by Crippen LogP contribution is -2.23. The fraction of sp³-hybridized carbons (Fsp3) is 0.120. The van der Waals surface area contributed by atoms with Crippen LogP contribution in [0.4, 0.5) is 22.0 Å². The lowest BCUT2D eigenvalue weighted by atomic mass is 10.1. The van der Waals surface area contributed by atoms with Crippen LogP contribution in [0.1, 0.15) is 27.2 Å². The van der Waals surface area contributed by atoms with Crippen LogP contribution in [0, 0.1) is 11.6 Å². The summed E-state index contributed by atoms with van der Waals surface area (Å²) in [6.45, 7) is -0.218. The standard InChI is InChI=1S/C25H17F5N2O2S/c26-19-6-9-21(27)17(11-19)13-34-20-7-4-16(5-8-20)24-32-22(14-35-24)23(33)31-12-15-2-1-3-18(10-15)25(28,29)30/h1-11,14H,12-13H2,(H,31,33). The zero-order chi connectivity index (χ0) is 25.0. The summed E-state index contributed by atoms with van der Waals surface area (Å²) in [5, 5.41) is 4.67. The highest BCUT2D eigenvalue weighted by molar-refractivity contribution is 7.13. The second kappa shape index (κ2) is 10.2. The van der Waals surface area contributed by atoms with Crippen molar-refractivity contribution < 1.29 is 31.5 Å². The largest absolute Gasteiger partial charge is 0.489 e. The van der Waals surface area contributed by atoms with Crippen molar-refractivity contribution in [1.82, 2.24) is 10.3 Å². The van der Waals surface area contributed by atoms with Crippen molar-refractivity contribution in [3.63, 3.8) is 0 Å². The number of amides is 1. The molecule has 1 N–H and O–H groups in total. The van der Waals surface area contributed by atoms with Gasteiger partial charge in [0.15, 0.2) is 0 Å². The van der Waals surface area contributed by atoms with Crippen LogP contribution < -0.4 is 10.1 Å². The Morgan fingerprint density at radius 1 is 1.00 bits per heavy atom. The third-order valence-electron chi connectivity index (χ3n) is 4.95. The van der Waals surface area contributed by atoms with Gasteiger partial charge in [0.05, 0.1) is 5.56 Å². The number of hydrogen-bond acceptors (Lipinski definition) is 4. The summed E-state index contributed by atoms with van der Waals surface area (Å²) in [6.07, 6.45) is -4.46. The van der Waals surface area contributed by atoms with Crippen LogP contribution >= 0.6 is 11.3 Å². The third kappa shape index (κ3) is 6.21. The van der Waals surface area contributed by atoms with Crippen LogP contribution in [0.25, 0.3) is 10.6 Å². The normalized spacial score (nSPS) is 11.3. The molecule has 4 nitrogen and oxygen atoms in total. The first-order valence-electron chi connectivity index (χ1n) is 10.3. The molecular weight excluding hydrogens is 487 g/mol. The van der Waals surface area contributed by atoms with Gasteiger partial charge in [-0.25, -0.2) is 13.8 Å². The molecule has 4 aromatic rings. The highest BCUT2D eigenvalue weighted by Gasteiger charge is 2.30. The van der Waals surface area contributed by atoms with Crippen LogP contribution in [0.15, 0.2) is 72.1 Å². The number of halogens is 5. The molecule has 1 aromatic heterocycles. The van der Waals surface area contributed by atoms with Crippen LogP contribution in [0.2, 0.25) is 0 Å². The SMILES string of the molecule is O=C(NCc1cccc(C(F)(F)F)c1)c1csc(-c2ccc(OCc3cc(F)ccc3F)cc2)n1. The zero-order valence-electron chi connectivity index (χ0n) is 17.9. The first-order valence-corrected chi connectivity index (χ1v) is 11.1. The predicted molar refractivity (Wildman–Crippen MR) is 121 cm³/mol. The Bertz CT molecular complexity index is 1340. The minimum absolute atomic E-state index is 0.0758. The molecule has 0 bridgehead atoms. The Hall–Kier alpha value is -3.79. The topological polar surface area (TPSA) is 51.2 Å². The minimum Gasteiger partial charge on any atom is -0.489 e. The second-order valence-corrected chi connectivity index (χ2v) is 8.33. The number of rotatable bonds is 7. The molecular formula is C25H17F5N2O2S. The van der Waals surface area contributed by atoms with Gasteiger partial charge < -0.3 is 10.1 Å². The second-order valence-electron chi connectivity index (χ2n) is 7.47. The monoisotopic (exact) mass is 504 g/mol. The van der Waals surface area contributed by atoms with Crippen LogP contribution in [-0.2, 0) is 19.3 Å². The Kier molecular flexibility index (Phi) is 7.11. The van der Waals surface area contributed by atoms with E-state index in [0.717, 1.165) is 30.3 Å². The average molecular weight is 504 g/mol. The van der Waals surface area contributed by atoms with Crippen LogP contribution in [0.3, 0.4) is 0 Å². The molecule has 0 aliphatic rings. The van der Waals surface area contributed by atoms with E-state index in [4.69, 9.17) is 4.74 Å². The molecule has 10 heteroatoms. The van der Waals surface area contributed by atoms with Crippen LogP contribution in [-0.4, -0.2) is 10.9 Å². The van der Waals surface area contributed by atoms with Gasteiger partial charge >= 0.3 is 6.18 Å². The molecule has 0 aliphatic carbocycles. The molecule has 0 atom stereocenters. The fourth-order valence-electron chi connectivity index (χ4n) is 3.15. The van der Waals surface area contributed by atoms with Gasteiger partial charge in [0, 0.05) is 23.1 Å². The van der Waals surface area contributed by atoms with E-state index in [9.17, 15) is 26.7 Å². The molecule has 180 valence electrons.